The van der Waals surface area contributed by atoms with Gasteiger partial charge in [0, 0.05) is 32.7 Å². The Labute approximate surface area is 301 Å². The molecular weight excluding hydrogens is 597 g/mol. The molecule has 2 heteroatoms. The van der Waals surface area contributed by atoms with Crippen molar-refractivity contribution in [3.05, 3.63) is 0 Å². The Bertz CT molecular complexity index is 583. The van der Waals surface area contributed by atoms with Crippen molar-refractivity contribution in [2.75, 3.05) is 0 Å². The van der Waals surface area contributed by atoms with E-state index in [2.05, 4.69) is 41.5 Å². The summed E-state index contributed by atoms with van der Waals surface area (Å²) in [5, 5.41) is 0. The second-order valence-electron chi connectivity index (χ2n) is 15.7. The summed E-state index contributed by atoms with van der Waals surface area (Å²) in [7, 11) is 0. The summed E-state index contributed by atoms with van der Waals surface area (Å²) in [5.41, 5.74) is 0. The van der Waals surface area contributed by atoms with E-state index in [0.717, 1.165) is 71.0 Å². The normalized spacial score (nSPS) is 40.6. The van der Waals surface area contributed by atoms with Gasteiger partial charge in [-0.3, -0.25) is 0 Å². The third-order valence-corrected chi connectivity index (χ3v) is 13.3. The van der Waals surface area contributed by atoms with Gasteiger partial charge in [0.15, 0.2) is 0 Å². The molecular formula is C41H88OY. The molecule has 0 saturated heterocycles. The van der Waals surface area contributed by atoms with Gasteiger partial charge in [-0.15, -0.1) is 0 Å². The number of rotatable bonds is 3. The van der Waals surface area contributed by atoms with Crippen LogP contribution in [0.25, 0.3) is 0 Å². The summed E-state index contributed by atoms with van der Waals surface area (Å²) >= 11 is 0. The van der Waals surface area contributed by atoms with Crippen LogP contribution >= 0.6 is 0 Å². The number of hydrogen-bond donors (Lipinski definition) is 0. The molecule has 0 heterocycles. The molecule has 5 saturated carbocycles. The standard InChI is InChI=1S/C22H40.C14H26.5CH4.H2O.Y/c1-15-5-8-19(9-6-15)20-10-12-21(13-11-20)22-14-7-16(2)17(3)18(22)4;1-11-3-7-13(8-4-11)14-9-5-12(2)6-10-14;;;;;;;/h15-22H,5-14H2,1-4H3;11-14H,3-10H2,1-2H3;5*1H4;1H2;. The van der Waals surface area contributed by atoms with Crippen molar-refractivity contribution in [2.24, 2.45) is 71.0 Å². The summed E-state index contributed by atoms with van der Waals surface area (Å²) in [4.78, 5) is 0. The van der Waals surface area contributed by atoms with Gasteiger partial charge in [-0.25, -0.2) is 0 Å². The van der Waals surface area contributed by atoms with E-state index < -0.39 is 0 Å². The fourth-order valence-corrected chi connectivity index (χ4v) is 9.87. The molecule has 0 aromatic rings. The molecule has 0 spiro atoms. The van der Waals surface area contributed by atoms with E-state index in [1.165, 1.54) is 51.4 Å². The fourth-order valence-electron chi connectivity index (χ4n) is 9.87. The van der Waals surface area contributed by atoms with Crippen LogP contribution in [0.3, 0.4) is 0 Å². The van der Waals surface area contributed by atoms with Crippen molar-refractivity contribution in [3.8, 4) is 0 Å². The molecule has 5 aliphatic rings. The largest absolute Gasteiger partial charge is 0.412 e. The monoisotopic (exact) mass is 686 g/mol. The molecule has 2 N–H and O–H groups in total. The molecule has 4 atom stereocenters. The molecule has 5 rings (SSSR count). The molecule has 0 bridgehead atoms. The van der Waals surface area contributed by atoms with Gasteiger partial charge in [0.05, 0.1) is 0 Å². The second-order valence-corrected chi connectivity index (χ2v) is 15.7. The molecule has 43 heavy (non-hydrogen) atoms. The van der Waals surface area contributed by atoms with E-state index in [1.807, 2.05) is 0 Å². The maximum Gasteiger partial charge on any atom is 0 e. The predicted octanol–water partition coefficient (Wildman–Crippen LogP) is 13.9. The molecule has 1 nitrogen and oxygen atoms in total. The zero-order valence-electron chi connectivity index (χ0n) is 26.7. The smallest absolute Gasteiger partial charge is 0 e. The van der Waals surface area contributed by atoms with Crippen LogP contribution in [0.5, 0.6) is 0 Å². The zero-order valence-corrected chi connectivity index (χ0v) is 29.6. The van der Waals surface area contributed by atoms with Crippen LogP contribution in [0, 0.1) is 71.0 Å². The summed E-state index contributed by atoms with van der Waals surface area (Å²) in [5.74, 6) is 12.5. The van der Waals surface area contributed by atoms with E-state index >= 15 is 0 Å². The molecule has 261 valence electrons. The zero-order chi connectivity index (χ0) is 25.7. The van der Waals surface area contributed by atoms with Gasteiger partial charge >= 0.3 is 0 Å². The molecule has 0 aliphatic heterocycles. The number of hydrogen-bond acceptors (Lipinski definition) is 0. The average molecular weight is 686 g/mol. The van der Waals surface area contributed by atoms with Gasteiger partial charge in [0.25, 0.3) is 0 Å². The first kappa shape index (κ1) is 50.9. The maximum atomic E-state index is 2.57. The summed E-state index contributed by atoms with van der Waals surface area (Å²) in [6, 6.07) is 0. The van der Waals surface area contributed by atoms with Gasteiger partial charge in [0.1, 0.15) is 0 Å². The van der Waals surface area contributed by atoms with Crippen molar-refractivity contribution >= 4 is 0 Å². The summed E-state index contributed by atoms with van der Waals surface area (Å²) < 4.78 is 0. The van der Waals surface area contributed by atoms with Crippen molar-refractivity contribution in [3.63, 3.8) is 0 Å². The van der Waals surface area contributed by atoms with Crippen LogP contribution in [-0.2, 0) is 32.7 Å². The third kappa shape index (κ3) is 14.8. The Morgan fingerprint density at radius 2 is 0.558 bits per heavy atom. The van der Waals surface area contributed by atoms with E-state index in [0.29, 0.717) is 0 Å². The van der Waals surface area contributed by atoms with Crippen LogP contribution in [0.1, 0.15) is 194 Å². The first-order valence-electron chi connectivity index (χ1n) is 17.3. The van der Waals surface area contributed by atoms with Crippen molar-refractivity contribution in [1.29, 1.82) is 0 Å². The molecule has 0 aromatic carbocycles. The molecule has 5 aliphatic carbocycles. The van der Waals surface area contributed by atoms with Crippen LogP contribution in [0.4, 0.5) is 0 Å². The van der Waals surface area contributed by atoms with Gasteiger partial charge in [-0.2, -0.15) is 0 Å². The Kier molecular flexibility index (Phi) is 29.8. The first-order chi connectivity index (χ1) is 17.3. The molecule has 1 radical (unpaired) electrons. The molecule has 0 amide bonds. The molecule has 5 fully saturated rings. The van der Waals surface area contributed by atoms with Crippen molar-refractivity contribution in [1.82, 2.24) is 0 Å². The minimum absolute atomic E-state index is 0. The maximum absolute atomic E-state index is 2.57. The van der Waals surface area contributed by atoms with Gasteiger partial charge < -0.3 is 5.48 Å². The molecule has 0 aromatic heterocycles. The van der Waals surface area contributed by atoms with Gasteiger partial charge in [-0.05, 0) is 142 Å². The van der Waals surface area contributed by atoms with Crippen LogP contribution in [-0.4, -0.2) is 5.48 Å². The van der Waals surface area contributed by atoms with Gasteiger partial charge in [-0.1, -0.05) is 124 Å². The third-order valence-electron chi connectivity index (χ3n) is 13.3. The Hall–Kier alpha value is 1.06. The Morgan fingerprint density at radius 3 is 0.860 bits per heavy atom. The minimum Gasteiger partial charge on any atom is -0.412 e. The first-order valence-corrected chi connectivity index (χ1v) is 17.3. The van der Waals surface area contributed by atoms with Crippen molar-refractivity contribution < 1.29 is 38.2 Å². The van der Waals surface area contributed by atoms with E-state index in [9.17, 15) is 0 Å². The van der Waals surface area contributed by atoms with Crippen LogP contribution in [0.15, 0.2) is 0 Å². The van der Waals surface area contributed by atoms with E-state index in [1.54, 1.807) is 64.2 Å². The van der Waals surface area contributed by atoms with Crippen molar-refractivity contribution in [2.45, 2.75) is 194 Å². The fraction of sp³-hybridized carbons (Fsp3) is 1.00. The summed E-state index contributed by atoms with van der Waals surface area (Å²) in [6.45, 7) is 14.9. The van der Waals surface area contributed by atoms with E-state index in [4.69, 9.17) is 0 Å². The van der Waals surface area contributed by atoms with Gasteiger partial charge in [0.2, 0.25) is 0 Å². The SMILES string of the molecule is C.C.C.C.C.CC1CCC(C2CCC(C)CC2)CC1.CC1CCC(C2CCC(C3CCC(C)C(C)C3C)CC2)CC1.O.[Y]. The summed E-state index contributed by atoms with van der Waals surface area (Å²) in [6.07, 6.45) is 27.6. The second kappa shape index (κ2) is 25.1. The predicted molar refractivity (Wildman–Crippen MR) is 196 cm³/mol. The van der Waals surface area contributed by atoms with E-state index in [-0.39, 0.29) is 75.3 Å². The van der Waals surface area contributed by atoms with Crippen LogP contribution in [0.2, 0.25) is 0 Å². The quantitative estimate of drug-likeness (QED) is 0.283. The van der Waals surface area contributed by atoms with Crippen LogP contribution < -0.4 is 0 Å². The minimum atomic E-state index is 0. The molecule has 4 unspecified atom stereocenters. The average Bonchev–Trinajstić information content (AvgIpc) is 2.89. The Morgan fingerprint density at radius 1 is 0.302 bits per heavy atom. The Balaban J connectivity index is -0.000000324. The topological polar surface area (TPSA) is 31.5 Å².